The lowest BCUT2D eigenvalue weighted by Gasteiger charge is -2.29. The van der Waals surface area contributed by atoms with Crippen LogP contribution in [-0.2, 0) is 19.4 Å². The molecule has 2 aromatic carbocycles. The van der Waals surface area contributed by atoms with Crippen LogP contribution < -0.4 is 14.4 Å². The van der Waals surface area contributed by atoms with E-state index in [2.05, 4.69) is 4.74 Å². The molecule has 0 radical (unpaired) electrons. The van der Waals surface area contributed by atoms with E-state index in [1.165, 1.54) is 25.2 Å². The van der Waals surface area contributed by atoms with Crippen molar-refractivity contribution in [1.29, 1.82) is 0 Å². The highest BCUT2D eigenvalue weighted by molar-refractivity contribution is 7.96. The fourth-order valence-corrected chi connectivity index (χ4v) is 4.18. The fourth-order valence-electron chi connectivity index (χ4n) is 2.69. The summed E-state index contributed by atoms with van der Waals surface area (Å²) in [6.45, 7) is 0. The Hall–Kier alpha value is -3.07. The molecule has 0 unspecified atom stereocenters. The second kappa shape index (κ2) is 6.92. The third kappa shape index (κ3) is 3.21. The quantitative estimate of drug-likeness (QED) is 0.739. The molecule has 0 bridgehead atoms. The van der Waals surface area contributed by atoms with E-state index >= 15 is 0 Å². The number of anilines is 2. The molecule has 0 aromatic heterocycles. The normalized spacial score (nSPS) is 14.8. The number of methoxy groups -OCH3 is 3. The Kier molecular flexibility index (Phi) is 4.79. The van der Waals surface area contributed by atoms with Crippen molar-refractivity contribution in [3.8, 4) is 11.5 Å². The molecule has 2 aromatic rings. The van der Waals surface area contributed by atoms with Crippen molar-refractivity contribution in [3.63, 3.8) is 0 Å². The minimum absolute atomic E-state index is 0.180. The number of sulfone groups is 1. The lowest BCUT2D eigenvalue weighted by Crippen LogP contribution is -2.26. The zero-order valence-electron chi connectivity index (χ0n) is 14.7. The molecular weight excluding hydrogens is 377 g/mol. The largest absolute Gasteiger partial charge is 0.497 e. The van der Waals surface area contributed by atoms with Crippen LogP contribution in [-0.4, -0.2) is 35.7 Å². The average Bonchev–Trinajstić information content (AvgIpc) is 2.67. The summed E-state index contributed by atoms with van der Waals surface area (Å²) in [5.41, 5.74) is 0.634. The van der Waals surface area contributed by atoms with Gasteiger partial charge in [-0.3, -0.25) is 0 Å². The highest BCUT2D eigenvalue weighted by atomic mass is 32.2. The number of esters is 1. The summed E-state index contributed by atoms with van der Waals surface area (Å²) in [6, 6.07) is 8.21. The molecule has 9 heteroatoms. The number of fused-ring (bicyclic) bond motifs is 1. The Balaban J connectivity index is 2.30. The van der Waals surface area contributed by atoms with Crippen LogP contribution in [0, 0.1) is 5.82 Å². The predicted molar refractivity (Wildman–Crippen MR) is 95.4 cm³/mol. The molecule has 0 atom stereocenters. The van der Waals surface area contributed by atoms with Gasteiger partial charge in [-0.1, -0.05) is 0 Å². The lowest BCUT2D eigenvalue weighted by molar-refractivity contribution is -0.135. The standard InChI is InChI=1S/C18H16FNO6S/c1-24-13-7-12(8-14(9-13)25-2)20-10-17(18(21)26-3)27(22,23)16-6-11(19)4-5-15(16)20/h4-10H,1-3H3. The fraction of sp³-hybridized carbons (Fsp3) is 0.167. The molecule has 27 heavy (non-hydrogen) atoms. The first kappa shape index (κ1) is 18.7. The molecule has 0 fully saturated rings. The van der Waals surface area contributed by atoms with Gasteiger partial charge in [0.15, 0.2) is 4.91 Å². The molecular formula is C18H16FNO6S. The second-order valence-corrected chi connectivity index (χ2v) is 7.43. The number of rotatable bonds is 4. The van der Waals surface area contributed by atoms with E-state index in [0.29, 0.717) is 17.2 Å². The molecule has 3 rings (SSSR count). The molecule has 0 aliphatic carbocycles. The Morgan fingerprint density at radius 1 is 1.00 bits per heavy atom. The summed E-state index contributed by atoms with van der Waals surface area (Å²) in [4.78, 5) is 12.6. The lowest BCUT2D eigenvalue weighted by atomic mass is 10.2. The van der Waals surface area contributed by atoms with Gasteiger partial charge in [0, 0.05) is 24.4 Å². The number of benzene rings is 2. The number of carbonyl (C=O) groups excluding carboxylic acids is 1. The van der Waals surface area contributed by atoms with E-state index in [9.17, 15) is 17.6 Å². The van der Waals surface area contributed by atoms with Crippen molar-refractivity contribution in [2.75, 3.05) is 26.2 Å². The third-order valence-electron chi connectivity index (χ3n) is 4.01. The summed E-state index contributed by atoms with van der Waals surface area (Å²) in [6.07, 6.45) is 1.13. The number of hydrogen-bond acceptors (Lipinski definition) is 7. The van der Waals surface area contributed by atoms with Gasteiger partial charge in [-0.25, -0.2) is 17.6 Å². The van der Waals surface area contributed by atoms with Gasteiger partial charge in [0.1, 0.15) is 17.3 Å². The monoisotopic (exact) mass is 393 g/mol. The second-order valence-electron chi connectivity index (χ2n) is 5.54. The van der Waals surface area contributed by atoms with Crippen LogP contribution in [0.4, 0.5) is 15.8 Å². The minimum Gasteiger partial charge on any atom is -0.497 e. The summed E-state index contributed by atoms with van der Waals surface area (Å²) >= 11 is 0. The van der Waals surface area contributed by atoms with Gasteiger partial charge in [-0.15, -0.1) is 0 Å². The number of nitrogens with zero attached hydrogens (tertiary/aromatic N) is 1. The van der Waals surface area contributed by atoms with Crippen LogP contribution >= 0.6 is 0 Å². The maximum absolute atomic E-state index is 13.8. The van der Waals surface area contributed by atoms with Gasteiger partial charge in [0.05, 0.1) is 37.6 Å². The van der Waals surface area contributed by atoms with Crippen molar-refractivity contribution < 1.29 is 31.8 Å². The van der Waals surface area contributed by atoms with Crippen molar-refractivity contribution in [2.45, 2.75) is 4.90 Å². The first-order chi connectivity index (χ1) is 12.8. The molecule has 0 N–H and O–H groups in total. The van der Waals surface area contributed by atoms with Crippen LogP contribution in [0.25, 0.3) is 0 Å². The number of hydrogen-bond donors (Lipinski definition) is 0. The Morgan fingerprint density at radius 3 is 2.19 bits per heavy atom. The average molecular weight is 393 g/mol. The highest BCUT2D eigenvalue weighted by Gasteiger charge is 2.37. The molecule has 0 saturated carbocycles. The molecule has 142 valence electrons. The van der Waals surface area contributed by atoms with Gasteiger partial charge in [-0.05, 0) is 18.2 Å². The number of carbonyl (C=O) groups is 1. The maximum Gasteiger partial charge on any atom is 0.351 e. The molecule has 1 aliphatic heterocycles. The van der Waals surface area contributed by atoms with Crippen molar-refractivity contribution in [2.24, 2.45) is 0 Å². The molecule has 0 spiro atoms. The maximum atomic E-state index is 13.8. The van der Waals surface area contributed by atoms with E-state index in [1.807, 2.05) is 0 Å². The molecule has 1 heterocycles. The van der Waals surface area contributed by atoms with Crippen LogP contribution in [0.3, 0.4) is 0 Å². The van der Waals surface area contributed by atoms with E-state index in [4.69, 9.17) is 9.47 Å². The summed E-state index contributed by atoms with van der Waals surface area (Å²) in [5.74, 6) is -0.889. The Bertz CT molecular complexity index is 1030. The smallest absolute Gasteiger partial charge is 0.351 e. The van der Waals surface area contributed by atoms with E-state index in [0.717, 1.165) is 25.4 Å². The molecule has 7 nitrogen and oxygen atoms in total. The van der Waals surface area contributed by atoms with Crippen LogP contribution in [0.1, 0.15) is 0 Å². The van der Waals surface area contributed by atoms with Gasteiger partial charge < -0.3 is 19.1 Å². The highest BCUT2D eigenvalue weighted by Crippen LogP contribution is 2.42. The topological polar surface area (TPSA) is 82.1 Å². The minimum atomic E-state index is -4.25. The van der Waals surface area contributed by atoms with E-state index in [1.54, 1.807) is 18.2 Å². The number of halogens is 1. The zero-order valence-corrected chi connectivity index (χ0v) is 15.5. The first-order valence-corrected chi connectivity index (χ1v) is 9.17. The zero-order chi connectivity index (χ0) is 19.8. The van der Waals surface area contributed by atoms with Crippen molar-refractivity contribution >= 4 is 27.2 Å². The molecule has 1 aliphatic rings. The molecule has 0 amide bonds. The van der Waals surface area contributed by atoms with Gasteiger partial charge in [-0.2, -0.15) is 0 Å². The Morgan fingerprint density at radius 2 is 1.63 bits per heavy atom. The first-order valence-electron chi connectivity index (χ1n) is 7.69. The summed E-state index contributed by atoms with van der Waals surface area (Å²) in [5, 5.41) is 0. The number of ether oxygens (including phenoxy) is 3. The van der Waals surface area contributed by atoms with E-state index in [-0.39, 0.29) is 10.6 Å². The van der Waals surface area contributed by atoms with Crippen LogP contribution in [0.5, 0.6) is 11.5 Å². The van der Waals surface area contributed by atoms with Gasteiger partial charge >= 0.3 is 5.97 Å². The summed E-state index contributed by atoms with van der Waals surface area (Å²) < 4.78 is 54.3. The predicted octanol–water partition coefficient (Wildman–Crippen LogP) is 2.78. The Labute approximate surface area is 155 Å². The SMILES string of the molecule is COC(=O)C1=CN(c2cc(OC)cc(OC)c2)c2ccc(F)cc2S1(=O)=O. The van der Waals surface area contributed by atoms with Gasteiger partial charge in [0.2, 0.25) is 9.84 Å². The van der Waals surface area contributed by atoms with E-state index < -0.39 is 26.5 Å². The third-order valence-corrected chi connectivity index (χ3v) is 5.76. The van der Waals surface area contributed by atoms with Crippen molar-refractivity contribution in [3.05, 3.63) is 53.3 Å². The van der Waals surface area contributed by atoms with Gasteiger partial charge in [0.25, 0.3) is 0 Å². The van der Waals surface area contributed by atoms with Crippen molar-refractivity contribution in [1.82, 2.24) is 0 Å². The molecule has 0 saturated heterocycles. The van der Waals surface area contributed by atoms with Crippen LogP contribution in [0.15, 0.2) is 52.4 Å². The van der Waals surface area contributed by atoms with Crippen LogP contribution in [0.2, 0.25) is 0 Å². The summed E-state index contributed by atoms with van der Waals surface area (Å²) in [7, 11) is -0.237.